The van der Waals surface area contributed by atoms with E-state index in [1.165, 1.54) is 0 Å². The molecule has 0 fully saturated rings. The van der Waals surface area contributed by atoms with Gasteiger partial charge in [-0.05, 0) is 26.0 Å². The maximum atomic E-state index is 9.92. The second-order valence-electron chi connectivity index (χ2n) is 4.82. The molecule has 0 amide bonds. The van der Waals surface area contributed by atoms with Crippen LogP contribution in [0.2, 0.25) is 0 Å². The number of hydrogen-bond donors (Lipinski definition) is 1. The number of aryl methyl sites for hydroxylation is 1. The summed E-state index contributed by atoms with van der Waals surface area (Å²) < 4.78 is 7.42. The summed E-state index contributed by atoms with van der Waals surface area (Å²) in [5.41, 5.74) is 2.05. The molecule has 0 aliphatic carbocycles. The van der Waals surface area contributed by atoms with Crippen molar-refractivity contribution in [2.75, 3.05) is 6.61 Å². The van der Waals surface area contributed by atoms with Gasteiger partial charge in [-0.25, -0.2) is 4.98 Å². The second-order valence-corrected chi connectivity index (χ2v) is 4.82. The molecule has 1 N–H and O–H groups in total. The van der Waals surface area contributed by atoms with Crippen LogP contribution < -0.4 is 0 Å². The van der Waals surface area contributed by atoms with Crippen LogP contribution >= 0.6 is 0 Å². The average Bonchev–Trinajstić information content (AvgIpc) is 2.65. The van der Waals surface area contributed by atoms with Crippen molar-refractivity contribution in [3.8, 4) is 0 Å². The molecule has 1 atom stereocenters. The summed E-state index contributed by atoms with van der Waals surface area (Å²) in [7, 11) is 1.97. The third kappa shape index (κ3) is 2.89. The SMILES string of the molecule is CC(C)OCC(O)Cc1nc2ccccc2n1C. The van der Waals surface area contributed by atoms with Crippen molar-refractivity contribution < 1.29 is 9.84 Å². The minimum atomic E-state index is -0.511. The Labute approximate surface area is 107 Å². The third-order valence-electron chi connectivity index (χ3n) is 2.92. The normalized spacial score (nSPS) is 13.4. The zero-order valence-corrected chi connectivity index (χ0v) is 11.1. The maximum absolute atomic E-state index is 9.92. The Morgan fingerprint density at radius 1 is 1.33 bits per heavy atom. The number of hydrogen-bond acceptors (Lipinski definition) is 3. The zero-order chi connectivity index (χ0) is 13.1. The quantitative estimate of drug-likeness (QED) is 0.879. The van der Waals surface area contributed by atoms with Crippen LogP contribution in [0.15, 0.2) is 24.3 Å². The molecule has 0 bridgehead atoms. The fraction of sp³-hybridized carbons (Fsp3) is 0.500. The number of imidazole rings is 1. The van der Waals surface area contributed by atoms with Gasteiger partial charge in [0.25, 0.3) is 0 Å². The predicted molar refractivity (Wildman–Crippen MR) is 71.5 cm³/mol. The topological polar surface area (TPSA) is 47.3 Å². The van der Waals surface area contributed by atoms with Gasteiger partial charge in [0, 0.05) is 13.5 Å². The van der Waals surface area contributed by atoms with Crippen LogP contribution in [0.3, 0.4) is 0 Å². The van der Waals surface area contributed by atoms with Gasteiger partial charge >= 0.3 is 0 Å². The molecule has 0 radical (unpaired) electrons. The molecule has 98 valence electrons. The number of para-hydroxylation sites is 2. The van der Waals surface area contributed by atoms with Gasteiger partial charge in [-0.15, -0.1) is 0 Å². The lowest BCUT2D eigenvalue weighted by Crippen LogP contribution is -2.22. The van der Waals surface area contributed by atoms with E-state index in [-0.39, 0.29) is 6.10 Å². The lowest BCUT2D eigenvalue weighted by atomic mass is 10.2. The van der Waals surface area contributed by atoms with Crippen molar-refractivity contribution in [1.82, 2.24) is 9.55 Å². The zero-order valence-electron chi connectivity index (χ0n) is 11.1. The first-order chi connectivity index (χ1) is 8.58. The van der Waals surface area contributed by atoms with Crippen LogP contribution in [0.5, 0.6) is 0 Å². The summed E-state index contributed by atoms with van der Waals surface area (Å²) in [6.07, 6.45) is 0.140. The molecule has 0 aliphatic heterocycles. The van der Waals surface area contributed by atoms with Gasteiger partial charge in [0.2, 0.25) is 0 Å². The number of nitrogens with zero attached hydrogens (tertiary/aromatic N) is 2. The van der Waals surface area contributed by atoms with E-state index in [9.17, 15) is 5.11 Å². The van der Waals surface area contributed by atoms with Crippen LogP contribution in [-0.2, 0) is 18.2 Å². The summed E-state index contributed by atoms with van der Waals surface area (Å²) in [5.74, 6) is 0.885. The number of aliphatic hydroxyl groups excluding tert-OH is 1. The van der Waals surface area contributed by atoms with Gasteiger partial charge < -0.3 is 14.4 Å². The summed E-state index contributed by atoms with van der Waals surface area (Å²) >= 11 is 0. The second kappa shape index (κ2) is 5.50. The Morgan fingerprint density at radius 3 is 2.72 bits per heavy atom. The number of fused-ring (bicyclic) bond motifs is 1. The molecule has 1 aromatic heterocycles. The highest BCUT2D eigenvalue weighted by molar-refractivity contribution is 5.75. The first-order valence-corrected chi connectivity index (χ1v) is 6.28. The minimum Gasteiger partial charge on any atom is -0.390 e. The van der Waals surface area contributed by atoms with Crippen LogP contribution in [0.4, 0.5) is 0 Å². The Morgan fingerprint density at radius 2 is 2.06 bits per heavy atom. The summed E-state index contributed by atoms with van der Waals surface area (Å²) in [6.45, 7) is 4.27. The fourth-order valence-electron chi connectivity index (χ4n) is 1.95. The van der Waals surface area contributed by atoms with Crippen molar-refractivity contribution >= 4 is 11.0 Å². The average molecular weight is 248 g/mol. The Bertz CT molecular complexity index is 519. The van der Waals surface area contributed by atoms with Crippen LogP contribution in [0.1, 0.15) is 19.7 Å². The summed E-state index contributed by atoms with van der Waals surface area (Å²) in [5, 5.41) is 9.92. The predicted octanol–water partition coefficient (Wildman–Crippen LogP) is 1.90. The molecule has 4 heteroatoms. The molecular formula is C14H20N2O2. The molecule has 1 aromatic carbocycles. The molecule has 18 heavy (non-hydrogen) atoms. The van der Waals surface area contributed by atoms with Gasteiger partial charge in [-0.3, -0.25) is 0 Å². The number of aromatic nitrogens is 2. The monoisotopic (exact) mass is 248 g/mol. The Hall–Kier alpha value is -1.39. The number of rotatable bonds is 5. The molecule has 2 rings (SSSR count). The number of aliphatic hydroxyl groups is 1. The summed E-state index contributed by atoms with van der Waals surface area (Å²) in [4.78, 5) is 4.53. The molecular weight excluding hydrogens is 228 g/mol. The molecule has 0 saturated carbocycles. The van der Waals surface area contributed by atoms with E-state index in [1.807, 2.05) is 49.7 Å². The fourth-order valence-corrected chi connectivity index (χ4v) is 1.95. The molecule has 2 aromatic rings. The van der Waals surface area contributed by atoms with E-state index in [1.54, 1.807) is 0 Å². The third-order valence-corrected chi connectivity index (χ3v) is 2.92. The van der Waals surface area contributed by atoms with Gasteiger partial charge in [-0.1, -0.05) is 12.1 Å². The lowest BCUT2D eigenvalue weighted by Gasteiger charge is -2.13. The lowest BCUT2D eigenvalue weighted by molar-refractivity contribution is 0.00531. The first-order valence-electron chi connectivity index (χ1n) is 6.28. The maximum Gasteiger partial charge on any atom is 0.112 e. The van der Waals surface area contributed by atoms with Gasteiger partial charge in [-0.2, -0.15) is 0 Å². The van der Waals surface area contributed by atoms with Crippen molar-refractivity contribution in [2.24, 2.45) is 7.05 Å². The Balaban J connectivity index is 2.09. The highest BCUT2D eigenvalue weighted by atomic mass is 16.5. The van der Waals surface area contributed by atoms with Gasteiger partial charge in [0.1, 0.15) is 5.82 Å². The van der Waals surface area contributed by atoms with E-state index in [0.29, 0.717) is 13.0 Å². The smallest absolute Gasteiger partial charge is 0.112 e. The van der Waals surface area contributed by atoms with Crippen molar-refractivity contribution in [2.45, 2.75) is 32.5 Å². The highest BCUT2D eigenvalue weighted by Gasteiger charge is 2.13. The largest absolute Gasteiger partial charge is 0.390 e. The van der Waals surface area contributed by atoms with Gasteiger partial charge in [0.15, 0.2) is 0 Å². The van der Waals surface area contributed by atoms with Crippen LogP contribution in [0, 0.1) is 0 Å². The van der Waals surface area contributed by atoms with E-state index in [2.05, 4.69) is 4.98 Å². The van der Waals surface area contributed by atoms with E-state index < -0.39 is 6.10 Å². The van der Waals surface area contributed by atoms with Gasteiger partial charge in [0.05, 0.1) is 29.8 Å². The number of benzene rings is 1. The molecule has 1 unspecified atom stereocenters. The van der Waals surface area contributed by atoms with E-state index in [0.717, 1.165) is 16.9 Å². The molecule has 0 saturated heterocycles. The van der Waals surface area contributed by atoms with Crippen LogP contribution in [-0.4, -0.2) is 33.5 Å². The minimum absolute atomic E-state index is 0.139. The van der Waals surface area contributed by atoms with E-state index >= 15 is 0 Å². The van der Waals surface area contributed by atoms with Crippen molar-refractivity contribution in [3.05, 3.63) is 30.1 Å². The first kappa shape index (κ1) is 13.1. The van der Waals surface area contributed by atoms with Crippen LogP contribution in [0.25, 0.3) is 11.0 Å². The number of ether oxygens (including phenoxy) is 1. The summed E-state index contributed by atoms with van der Waals surface area (Å²) in [6, 6.07) is 7.97. The van der Waals surface area contributed by atoms with Crippen molar-refractivity contribution in [3.63, 3.8) is 0 Å². The molecule has 4 nitrogen and oxygen atoms in total. The molecule has 1 heterocycles. The van der Waals surface area contributed by atoms with E-state index in [4.69, 9.17) is 4.74 Å². The molecule has 0 spiro atoms. The highest BCUT2D eigenvalue weighted by Crippen LogP contribution is 2.15. The molecule has 0 aliphatic rings. The Kier molecular flexibility index (Phi) is 3.99. The standard InChI is InChI=1S/C14H20N2O2/c1-10(2)18-9-11(17)8-14-15-12-6-4-5-7-13(12)16(14)3/h4-7,10-11,17H,8-9H2,1-3H3. The van der Waals surface area contributed by atoms with Crippen molar-refractivity contribution in [1.29, 1.82) is 0 Å².